The van der Waals surface area contributed by atoms with E-state index in [1.807, 2.05) is 0 Å². The van der Waals surface area contributed by atoms with Crippen LogP contribution in [0.1, 0.15) is 19.8 Å². The summed E-state index contributed by atoms with van der Waals surface area (Å²) in [6.07, 6.45) is 2.21. The molecule has 0 rings (SSSR count). The second kappa shape index (κ2) is 3.53. The molecule has 0 saturated carbocycles. The van der Waals surface area contributed by atoms with Crippen LogP contribution >= 0.6 is 0 Å². The maximum atomic E-state index is 10.0. The predicted molar refractivity (Wildman–Crippen MR) is 25.6 cm³/mol. The molecule has 0 aromatic rings. The van der Waals surface area contributed by atoms with E-state index in [0.717, 1.165) is 0 Å². The normalized spacial score (nSPS) is 8.14. The van der Waals surface area contributed by atoms with Gasteiger partial charge in [-0.2, -0.15) is 0 Å². The minimum absolute atomic E-state index is 0.0448. The van der Waals surface area contributed by atoms with Crippen LogP contribution in [0, 0.1) is 0 Å². The van der Waals surface area contributed by atoms with E-state index in [1.165, 1.54) is 6.92 Å². The summed E-state index contributed by atoms with van der Waals surface area (Å²) in [5, 5.41) is 0. The third-order valence-electron chi connectivity index (χ3n) is 0.579. The van der Waals surface area contributed by atoms with Crippen molar-refractivity contribution in [2.45, 2.75) is 19.8 Å². The fraction of sp³-hybridized carbons (Fsp3) is 0.600. The van der Waals surface area contributed by atoms with Gasteiger partial charge in [-0.15, -0.1) is 0 Å². The van der Waals surface area contributed by atoms with Gasteiger partial charge in [0.1, 0.15) is 5.78 Å². The summed E-state index contributed by atoms with van der Waals surface area (Å²) >= 11 is 0. The zero-order chi connectivity index (χ0) is 5.70. The Morgan fingerprint density at radius 2 is 2.29 bits per heavy atom. The van der Waals surface area contributed by atoms with Gasteiger partial charge in [-0.25, -0.2) is 0 Å². The first-order valence-corrected chi connectivity index (χ1v) is 2.12. The summed E-state index contributed by atoms with van der Waals surface area (Å²) in [5.41, 5.74) is 0. The van der Waals surface area contributed by atoms with E-state index in [-0.39, 0.29) is 12.2 Å². The van der Waals surface area contributed by atoms with Gasteiger partial charge in [0, 0.05) is 12.8 Å². The van der Waals surface area contributed by atoms with Crippen molar-refractivity contribution in [1.29, 1.82) is 0 Å². The van der Waals surface area contributed by atoms with Crippen molar-refractivity contribution in [2.24, 2.45) is 0 Å². The molecule has 0 bridgehead atoms. The highest BCUT2D eigenvalue weighted by Gasteiger charge is 1.88. The number of Topliss-reactive ketones (excluding diaryl/α,β-unsaturated/α-hetero) is 1. The highest BCUT2D eigenvalue weighted by molar-refractivity contribution is 5.77. The summed E-state index contributed by atoms with van der Waals surface area (Å²) < 4.78 is 0. The summed E-state index contributed by atoms with van der Waals surface area (Å²) in [4.78, 5) is 19.5. The molecule has 0 aliphatic carbocycles. The van der Waals surface area contributed by atoms with Crippen molar-refractivity contribution in [1.82, 2.24) is 0 Å². The molecule has 2 nitrogen and oxygen atoms in total. The Bertz CT molecular complexity index is 76.1. The van der Waals surface area contributed by atoms with Crippen LogP contribution in [0.4, 0.5) is 0 Å². The van der Waals surface area contributed by atoms with Gasteiger partial charge >= 0.3 is 0 Å². The fourth-order valence-corrected chi connectivity index (χ4v) is 0.227. The molecule has 0 aromatic heterocycles. The molecule has 0 spiro atoms. The second-order valence-corrected chi connectivity index (χ2v) is 1.35. The van der Waals surface area contributed by atoms with Crippen LogP contribution in [0.2, 0.25) is 0 Å². The molecule has 2 heteroatoms. The van der Waals surface area contributed by atoms with Crippen LogP contribution in [-0.4, -0.2) is 12.1 Å². The van der Waals surface area contributed by atoms with E-state index >= 15 is 0 Å². The molecule has 0 saturated heterocycles. The topological polar surface area (TPSA) is 34.1 Å². The van der Waals surface area contributed by atoms with Gasteiger partial charge < -0.3 is 4.79 Å². The highest BCUT2D eigenvalue weighted by Crippen LogP contribution is 1.83. The van der Waals surface area contributed by atoms with Crippen molar-refractivity contribution in [3.8, 4) is 0 Å². The number of hydrogen-bond acceptors (Lipinski definition) is 2. The molecule has 7 heavy (non-hydrogen) atoms. The largest absolute Gasteiger partial charge is 0.300 e. The van der Waals surface area contributed by atoms with Gasteiger partial charge in [0.15, 0.2) is 6.29 Å². The van der Waals surface area contributed by atoms with Crippen LogP contribution in [0.25, 0.3) is 0 Å². The molecule has 0 N–H and O–H groups in total. The third-order valence-corrected chi connectivity index (χ3v) is 0.579. The molecular weight excluding hydrogens is 92.1 g/mol. The van der Waals surface area contributed by atoms with Gasteiger partial charge in [-0.3, -0.25) is 4.79 Å². The zero-order valence-corrected chi connectivity index (χ0v) is 4.23. The minimum atomic E-state index is 0.0448. The van der Waals surface area contributed by atoms with Crippen LogP contribution < -0.4 is 0 Å². The van der Waals surface area contributed by atoms with Gasteiger partial charge in [-0.05, 0) is 6.92 Å². The summed E-state index contributed by atoms with van der Waals surface area (Å²) in [5.74, 6) is 0.0448. The van der Waals surface area contributed by atoms with Crippen molar-refractivity contribution < 1.29 is 9.59 Å². The Hall–Kier alpha value is -0.660. The molecule has 0 atom stereocenters. The maximum absolute atomic E-state index is 10.0. The highest BCUT2D eigenvalue weighted by atomic mass is 16.1. The Morgan fingerprint density at radius 3 is 2.43 bits per heavy atom. The summed E-state index contributed by atoms with van der Waals surface area (Å²) in [7, 11) is 0. The number of rotatable bonds is 3. The van der Waals surface area contributed by atoms with E-state index in [0.29, 0.717) is 6.42 Å². The number of ketones is 1. The second-order valence-electron chi connectivity index (χ2n) is 1.35. The number of hydrogen-bond donors (Lipinski definition) is 0. The Balaban J connectivity index is 2.97. The standard InChI is InChI=1S/C5H7O2/c1-5(7)3-2-4-6/h2-3H2,1H3. The lowest BCUT2D eigenvalue weighted by atomic mass is 10.3. The molecule has 0 aliphatic heterocycles. The van der Waals surface area contributed by atoms with E-state index < -0.39 is 0 Å². The Kier molecular flexibility index (Phi) is 3.19. The van der Waals surface area contributed by atoms with Gasteiger partial charge in [-0.1, -0.05) is 0 Å². The average molecular weight is 99.1 g/mol. The fourth-order valence-electron chi connectivity index (χ4n) is 0.227. The van der Waals surface area contributed by atoms with Crippen molar-refractivity contribution in [2.75, 3.05) is 0 Å². The number of carbonyl (C=O) groups excluding carboxylic acids is 2. The molecule has 1 radical (unpaired) electrons. The van der Waals surface area contributed by atoms with Crippen LogP contribution in [0.3, 0.4) is 0 Å². The van der Waals surface area contributed by atoms with Crippen LogP contribution in [0.15, 0.2) is 0 Å². The lowest BCUT2D eigenvalue weighted by Crippen LogP contribution is -1.88. The molecule has 0 heterocycles. The zero-order valence-electron chi connectivity index (χ0n) is 4.23. The smallest absolute Gasteiger partial charge is 0.198 e. The molecule has 0 fully saturated rings. The van der Waals surface area contributed by atoms with Crippen molar-refractivity contribution >= 4 is 12.1 Å². The van der Waals surface area contributed by atoms with E-state index in [2.05, 4.69) is 0 Å². The number of carbonyl (C=O) groups is 1. The predicted octanol–water partition coefficient (Wildman–Crippen LogP) is 0.465. The SMILES string of the molecule is CC(=O)CC[C]=O. The van der Waals surface area contributed by atoms with E-state index in [4.69, 9.17) is 0 Å². The molecular formula is C5H7O2. The van der Waals surface area contributed by atoms with Crippen LogP contribution in [-0.2, 0) is 9.59 Å². The average Bonchev–Trinajstić information content (AvgIpc) is 1.61. The van der Waals surface area contributed by atoms with Crippen LogP contribution in [0.5, 0.6) is 0 Å². The minimum Gasteiger partial charge on any atom is -0.300 e. The molecule has 0 amide bonds. The lowest BCUT2D eigenvalue weighted by molar-refractivity contribution is -0.116. The molecule has 0 unspecified atom stereocenters. The van der Waals surface area contributed by atoms with E-state index in [9.17, 15) is 9.59 Å². The first kappa shape index (κ1) is 6.34. The van der Waals surface area contributed by atoms with E-state index in [1.54, 1.807) is 6.29 Å². The molecule has 0 aromatic carbocycles. The van der Waals surface area contributed by atoms with Gasteiger partial charge in [0.2, 0.25) is 0 Å². The summed E-state index contributed by atoms with van der Waals surface area (Å²) in [6, 6.07) is 0. The van der Waals surface area contributed by atoms with Crippen molar-refractivity contribution in [3.05, 3.63) is 0 Å². The van der Waals surface area contributed by atoms with Crippen molar-refractivity contribution in [3.63, 3.8) is 0 Å². The van der Waals surface area contributed by atoms with Gasteiger partial charge in [0.25, 0.3) is 0 Å². The lowest BCUT2D eigenvalue weighted by Gasteiger charge is -1.79. The maximum Gasteiger partial charge on any atom is 0.198 e. The monoisotopic (exact) mass is 99.0 g/mol. The third kappa shape index (κ3) is 5.34. The Labute approximate surface area is 42.5 Å². The molecule has 39 valence electrons. The first-order chi connectivity index (χ1) is 3.27. The van der Waals surface area contributed by atoms with Gasteiger partial charge in [0.05, 0.1) is 0 Å². The Morgan fingerprint density at radius 1 is 1.71 bits per heavy atom. The summed E-state index contributed by atoms with van der Waals surface area (Å²) in [6.45, 7) is 1.46. The first-order valence-electron chi connectivity index (χ1n) is 2.12. The molecule has 0 aliphatic rings. The quantitative estimate of drug-likeness (QED) is 0.515.